The van der Waals surface area contributed by atoms with Crippen LogP contribution in [-0.2, 0) is 0 Å². The van der Waals surface area contributed by atoms with Crippen LogP contribution in [0.25, 0.3) is 32.7 Å². The van der Waals surface area contributed by atoms with E-state index >= 15 is 0 Å². The van der Waals surface area contributed by atoms with Crippen molar-refractivity contribution in [2.45, 2.75) is 11.1 Å². The molecule has 3 aromatic carbocycles. The summed E-state index contributed by atoms with van der Waals surface area (Å²) in [7, 11) is -6.00. The summed E-state index contributed by atoms with van der Waals surface area (Å²) in [5.74, 6) is 1.04. The molecule has 33 heavy (non-hydrogen) atoms. The van der Waals surface area contributed by atoms with Gasteiger partial charge < -0.3 is 17.3 Å². The Morgan fingerprint density at radius 3 is 1.79 bits per heavy atom. The molecule has 0 aliphatic carbocycles. The number of thioether (sulfide) groups is 1. The molecule has 0 radical (unpaired) electrons. The second kappa shape index (κ2) is 11.7. The molecule has 8 heteroatoms. The summed E-state index contributed by atoms with van der Waals surface area (Å²) in [5, 5.41) is 0.765. The molecule has 0 N–H and O–H groups in total. The SMILES string of the molecule is CCSc1[s+]c(-c2ccc(Cl)cc2)cc(-c2ccccc2)c1-c1ccccc1.F[B-](F)(F)F. The van der Waals surface area contributed by atoms with Gasteiger partial charge in [0.15, 0.2) is 0 Å². The molecule has 0 saturated carbocycles. The average Bonchev–Trinajstić information content (AvgIpc) is 2.79. The summed E-state index contributed by atoms with van der Waals surface area (Å²) in [6.45, 7) is 2.21. The summed E-state index contributed by atoms with van der Waals surface area (Å²) >= 11 is 9.88. The van der Waals surface area contributed by atoms with E-state index in [2.05, 4.69) is 85.8 Å². The first-order valence-corrected chi connectivity index (χ1v) is 12.3. The minimum absolute atomic E-state index is 0.765. The molecule has 0 aliphatic heterocycles. The third kappa shape index (κ3) is 7.59. The van der Waals surface area contributed by atoms with E-state index < -0.39 is 7.25 Å². The Hall–Kier alpha value is -2.35. The van der Waals surface area contributed by atoms with Crippen LogP contribution in [0.5, 0.6) is 0 Å². The number of rotatable bonds is 5. The maximum absolute atomic E-state index is 9.75. The Kier molecular flexibility index (Phi) is 8.95. The van der Waals surface area contributed by atoms with Crippen molar-refractivity contribution in [2.75, 3.05) is 5.75 Å². The zero-order chi connectivity index (χ0) is 23.8. The van der Waals surface area contributed by atoms with Crippen molar-refractivity contribution >= 4 is 42.0 Å². The van der Waals surface area contributed by atoms with E-state index in [1.165, 1.54) is 36.9 Å². The van der Waals surface area contributed by atoms with E-state index in [9.17, 15) is 17.3 Å². The predicted octanol–water partition coefficient (Wildman–Crippen LogP) is 10.1. The molecular weight excluding hydrogens is 487 g/mol. The molecule has 0 aliphatic rings. The van der Waals surface area contributed by atoms with Gasteiger partial charge in [0.2, 0.25) is 16.2 Å². The van der Waals surface area contributed by atoms with Crippen LogP contribution in [0.3, 0.4) is 0 Å². The monoisotopic (exact) mass is 506 g/mol. The highest BCUT2D eigenvalue weighted by molar-refractivity contribution is 8.01. The van der Waals surface area contributed by atoms with E-state index in [-0.39, 0.29) is 0 Å². The molecule has 0 unspecified atom stereocenters. The highest BCUT2D eigenvalue weighted by Crippen LogP contribution is 2.46. The Labute approximate surface area is 204 Å². The van der Waals surface area contributed by atoms with Gasteiger partial charge in [-0.25, -0.2) is 0 Å². The molecule has 0 nitrogen and oxygen atoms in total. The lowest BCUT2D eigenvalue weighted by Crippen LogP contribution is -2.02. The molecule has 0 fully saturated rings. The van der Waals surface area contributed by atoms with Crippen LogP contribution in [-0.4, -0.2) is 13.0 Å². The topological polar surface area (TPSA) is 0 Å². The normalized spacial score (nSPS) is 11.0. The zero-order valence-corrected chi connectivity index (χ0v) is 20.0. The van der Waals surface area contributed by atoms with Gasteiger partial charge >= 0.3 is 7.25 Å². The number of hydrogen-bond acceptors (Lipinski definition) is 1. The first kappa shape index (κ1) is 25.3. The summed E-state index contributed by atoms with van der Waals surface area (Å²) in [5.41, 5.74) is 6.29. The quantitative estimate of drug-likeness (QED) is 0.112. The van der Waals surface area contributed by atoms with Gasteiger partial charge in [0.25, 0.3) is 4.21 Å². The van der Waals surface area contributed by atoms with Gasteiger partial charge in [-0.3, -0.25) is 0 Å². The van der Waals surface area contributed by atoms with E-state index in [1.807, 2.05) is 35.2 Å². The van der Waals surface area contributed by atoms with Crippen LogP contribution in [0, 0.1) is 0 Å². The highest BCUT2D eigenvalue weighted by Gasteiger charge is 2.25. The summed E-state index contributed by atoms with van der Waals surface area (Å²) in [6, 6.07) is 31.8. The fraction of sp³-hybridized carbons (Fsp3) is 0.0800. The van der Waals surface area contributed by atoms with Crippen LogP contribution >= 0.6 is 34.7 Å². The maximum atomic E-state index is 9.75. The Morgan fingerprint density at radius 1 is 0.758 bits per heavy atom. The molecule has 0 amide bonds. The summed E-state index contributed by atoms with van der Waals surface area (Å²) in [4.78, 5) is 1.26. The molecular formula is C25H20BClF4S2. The molecule has 170 valence electrons. The summed E-state index contributed by atoms with van der Waals surface area (Å²) in [6.07, 6.45) is 0. The smallest absolute Gasteiger partial charge is 0.418 e. The first-order valence-electron chi connectivity index (χ1n) is 10.1. The zero-order valence-electron chi connectivity index (χ0n) is 17.7. The molecule has 0 bridgehead atoms. The predicted molar refractivity (Wildman–Crippen MR) is 137 cm³/mol. The molecule has 0 spiro atoms. The lowest BCUT2D eigenvalue weighted by Gasteiger charge is -2.11. The van der Waals surface area contributed by atoms with Crippen molar-refractivity contribution in [3.8, 4) is 32.7 Å². The molecule has 0 atom stereocenters. The largest absolute Gasteiger partial charge is 0.673 e. The van der Waals surface area contributed by atoms with Crippen LogP contribution in [0.2, 0.25) is 5.02 Å². The van der Waals surface area contributed by atoms with Gasteiger partial charge in [-0.15, -0.1) is 0 Å². The molecule has 0 saturated heterocycles. The van der Waals surface area contributed by atoms with Crippen molar-refractivity contribution < 1.29 is 17.3 Å². The second-order valence-corrected chi connectivity index (χ2v) is 9.87. The van der Waals surface area contributed by atoms with Crippen LogP contribution in [0.4, 0.5) is 17.3 Å². The van der Waals surface area contributed by atoms with Crippen molar-refractivity contribution in [1.29, 1.82) is 0 Å². The molecule has 1 heterocycles. The first-order chi connectivity index (χ1) is 15.8. The molecule has 1 aromatic heterocycles. The molecule has 4 aromatic rings. The minimum atomic E-state index is -6.00. The Morgan fingerprint density at radius 2 is 1.27 bits per heavy atom. The average molecular weight is 507 g/mol. The van der Waals surface area contributed by atoms with E-state index in [0.717, 1.165) is 10.8 Å². The number of halogens is 5. The van der Waals surface area contributed by atoms with Crippen LogP contribution in [0.1, 0.15) is 6.92 Å². The van der Waals surface area contributed by atoms with Crippen molar-refractivity contribution in [1.82, 2.24) is 0 Å². The van der Waals surface area contributed by atoms with E-state index in [0.29, 0.717) is 0 Å². The van der Waals surface area contributed by atoms with Gasteiger partial charge in [-0.05, 0) is 41.1 Å². The van der Waals surface area contributed by atoms with E-state index in [4.69, 9.17) is 11.6 Å². The Balaban J connectivity index is 0.000000555. The lowest BCUT2D eigenvalue weighted by molar-refractivity contribution is 0.368. The van der Waals surface area contributed by atoms with Gasteiger partial charge in [0.05, 0.1) is 5.56 Å². The fourth-order valence-electron chi connectivity index (χ4n) is 3.21. The third-order valence-corrected chi connectivity index (χ3v) is 7.08. The number of benzene rings is 3. The number of hydrogen-bond donors (Lipinski definition) is 0. The van der Waals surface area contributed by atoms with Crippen LogP contribution < -0.4 is 0 Å². The van der Waals surface area contributed by atoms with Gasteiger partial charge in [0.1, 0.15) is 0 Å². The Bertz CT molecular complexity index is 1160. The molecule has 4 rings (SSSR count). The standard InChI is InChI=1S/C25H20ClS2.BF4/c1-2-27-25-24(20-11-7-4-8-12-20)22(18-9-5-3-6-10-18)17-23(28-25)19-13-15-21(26)16-14-19;2-1(3,4)5/h3-17H,2H2,1H3;/q+1;-1. The third-order valence-electron chi connectivity index (χ3n) is 4.50. The van der Waals surface area contributed by atoms with Crippen LogP contribution in [0.15, 0.2) is 95.2 Å². The van der Waals surface area contributed by atoms with Gasteiger partial charge in [-0.2, -0.15) is 0 Å². The lowest BCUT2D eigenvalue weighted by atomic mass is 9.96. The van der Waals surface area contributed by atoms with E-state index in [1.54, 1.807) is 0 Å². The minimum Gasteiger partial charge on any atom is -0.418 e. The van der Waals surface area contributed by atoms with Gasteiger partial charge in [0, 0.05) is 22.2 Å². The van der Waals surface area contributed by atoms with Crippen molar-refractivity contribution in [3.05, 3.63) is 96.0 Å². The fourth-order valence-corrected chi connectivity index (χ4v) is 5.79. The van der Waals surface area contributed by atoms with Crippen molar-refractivity contribution in [2.24, 2.45) is 0 Å². The highest BCUT2D eigenvalue weighted by atomic mass is 35.5. The second-order valence-electron chi connectivity index (χ2n) is 6.85. The van der Waals surface area contributed by atoms with Gasteiger partial charge in [-0.1, -0.05) is 91.0 Å². The summed E-state index contributed by atoms with van der Waals surface area (Å²) < 4.78 is 40.3. The maximum Gasteiger partial charge on any atom is 0.673 e. The van der Waals surface area contributed by atoms with Crippen molar-refractivity contribution in [3.63, 3.8) is 0 Å².